The van der Waals surface area contributed by atoms with Crippen LogP contribution >= 0.6 is 0 Å². The number of amides is 1. The zero-order valence-corrected chi connectivity index (χ0v) is 13.8. The lowest BCUT2D eigenvalue weighted by Crippen LogP contribution is -2.12. The Labute approximate surface area is 145 Å². The number of H-pyrrole nitrogens is 1. The second-order valence-electron chi connectivity index (χ2n) is 6.14. The fraction of sp³-hybridized carbons (Fsp3) is 0.143. The van der Waals surface area contributed by atoms with Crippen molar-refractivity contribution in [2.24, 2.45) is 0 Å². The van der Waals surface area contributed by atoms with Crippen molar-refractivity contribution in [3.8, 4) is 0 Å². The summed E-state index contributed by atoms with van der Waals surface area (Å²) >= 11 is 0. The zero-order valence-electron chi connectivity index (χ0n) is 13.8. The molecule has 2 heterocycles. The van der Waals surface area contributed by atoms with E-state index in [1.54, 1.807) is 6.20 Å². The highest BCUT2D eigenvalue weighted by Crippen LogP contribution is 2.22. The quantitative estimate of drug-likeness (QED) is 0.558. The summed E-state index contributed by atoms with van der Waals surface area (Å²) in [7, 11) is 0. The summed E-state index contributed by atoms with van der Waals surface area (Å²) in [6.45, 7) is 0. The van der Waals surface area contributed by atoms with Gasteiger partial charge in [0.2, 0.25) is 5.91 Å². The normalized spacial score (nSPS) is 11.0. The molecule has 0 saturated heterocycles. The first kappa shape index (κ1) is 15.4. The molecule has 25 heavy (non-hydrogen) atoms. The lowest BCUT2D eigenvalue weighted by Gasteiger charge is -2.08. The summed E-state index contributed by atoms with van der Waals surface area (Å²) in [5.41, 5.74) is 4.00. The first-order valence-electron chi connectivity index (χ1n) is 8.50. The summed E-state index contributed by atoms with van der Waals surface area (Å²) in [4.78, 5) is 19.9. The number of benzene rings is 2. The summed E-state index contributed by atoms with van der Waals surface area (Å²) in [6, 6.07) is 18.0. The van der Waals surface area contributed by atoms with Crippen LogP contribution in [-0.4, -0.2) is 15.9 Å². The van der Waals surface area contributed by atoms with E-state index in [-0.39, 0.29) is 5.91 Å². The number of nitrogens with zero attached hydrogens (tertiary/aromatic N) is 1. The molecule has 0 spiro atoms. The molecule has 4 heteroatoms. The Bertz CT molecular complexity index is 1030. The number of para-hydroxylation sites is 2. The monoisotopic (exact) mass is 329 g/mol. The molecule has 0 aliphatic heterocycles. The molecule has 2 N–H and O–H groups in total. The zero-order chi connectivity index (χ0) is 17.1. The van der Waals surface area contributed by atoms with Gasteiger partial charge in [0.1, 0.15) is 0 Å². The average Bonchev–Trinajstić information content (AvgIpc) is 3.05. The molecule has 2 aromatic heterocycles. The molecule has 1 amide bonds. The molecule has 0 bridgehead atoms. The number of carbonyl (C=O) groups is 1. The van der Waals surface area contributed by atoms with Gasteiger partial charge in [-0.3, -0.25) is 9.78 Å². The number of aryl methyl sites for hydroxylation is 1. The molecule has 124 valence electrons. The number of rotatable bonds is 5. The SMILES string of the molecule is O=C(CCCc1c[nH]c2ccccc12)Nc1cccc2cccnc12. The molecule has 2 aromatic carbocycles. The Kier molecular flexibility index (Phi) is 4.17. The molecular weight excluding hydrogens is 310 g/mol. The number of carbonyl (C=O) groups excluding carboxylic acids is 1. The van der Waals surface area contributed by atoms with Gasteiger partial charge in [-0.15, -0.1) is 0 Å². The Balaban J connectivity index is 1.39. The fourth-order valence-electron chi connectivity index (χ4n) is 3.20. The van der Waals surface area contributed by atoms with Crippen LogP contribution in [0.3, 0.4) is 0 Å². The van der Waals surface area contributed by atoms with Crippen molar-refractivity contribution in [2.45, 2.75) is 19.3 Å². The Morgan fingerprint density at radius 2 is 1.92 bits per heavy atom. The standard InChI is InChI=1S/C21H19N3O/c25-20(24-19-11-3-6-15-8-5-13-22-21(15)19)12-4-7-16-14-23-18-10-2-1-9-17(16)18/h1-3,5-6,8-11,13-14,23H,4,7,12H2,(H,24,25). The highest BCUT2D eigenvalue weighted by atomic mass is 16.1. The lowest BCUT2D eigenvalue weighted by atomic mass is 10.1. The van der Waals surface area contributed by atoms with E-state index in [1.807, 2.05) is 48.7 Å². The minimum Gasteiger partial charge on any atom is -0.361 e. The molecule has 4 nitrogen and oxygen atoms in total. The van der Waals surface area contributed by atoms with Gasteiger partial charge in [-0.05, 0) is 36.6 Å². The molecule has 4 aromatic rings. The van der Waals surface area contributed by atoms with Gasteiger partial charge in [0, 0.05) is 35.1 Å². The maximum absolute atomic E-state index is 12.3. The largest absolute Gasteiger partial charge is 0.361 e. The minimum absolute atomic E-state index is 0.0259. The van der Waals surface area contributed by atoms with Gasteiger partial charge in [-0.1, -0.05) is 36.4 Å². The molecule has 0 aliphatic rings. The molecule has 0 aliphatic carbocycles. The maximum Gasteiger partial charge on any atom is 0.224 e. The average molecular weight is 329 g/mol. The van der Waals surface area contributed by atoms with Crippen LogP contribution in [0.25, 0.3) is 21.8 Å². The van der Waals surface area contributed by atoms with E-state index >= 15 is 0 Å². The number of fused-ring (bicyclic) bond motifs is 2. The van der Waals surface area contributed by atoms with E-state index in [1.165, 1.54) is 10.9 Å². The highest BCUT2D eigenvalue weighted by Gasteiger charge is 2.08. The van der Waals surface area contributed by atoms with Crippen LogP contribution in [0, 0.1) is 0 Å². The van der Waals surface area contributed by atoms with E-state index in [0.29, 0.717) is 6.42 Å². The van der Waals surface area contributed by atoms with Crippen molar-refractivity contribution in [3.63, 3.8) is 0 Å². The molecule has 0 unspecified atom stereocenters. The second kappa shape index (κ2) is 6.77. The summed E-state index contributed by atoms with van der Waals surface area (Å²) in [6.07, 6.45) is 5.96. The highest BCUT2D eigenvalue weighted by molar-refractivity contribution is 6.00. The van der Waals surface area contributed by atoms with Crippen LogP contribution in [0.4, 0.5) is 5.69 Å². The first-order chi connectivity index (χ1) is 12.3. The van der Waals surface area contributed by atoms with Crippen LogP contribution in [0.15, 0.2) is 67.0 Å². The van der Waals surface area contributed by atoms with Crippen LogP contribution in [0.1, 0.15) is 18.4 Å². The molecular formula is C21H19N3O. The van der Waals surface area contributed by atoms with Gasteiger partial charge in [0.05, 0.1) is 11.2 Å². The number of hydrogen-bond donors (Lipinski definition) is 2. The summed E-state index contributed by atoms with van der Waals surface area (Å²) in [5, 5.41) is 5.26. The lowest BCUT2D eigenvalue weighted by molar-refractivity contribution is -0.116. The predicted octanol–water partition coefficient (Wildman–Crippen LogP) is 4.68. The molecule has 0 radical (unpaired) electrons. The molecule has 4 rings (SSSR count). The topological polar surface area (TPSA) is 57.8 Å². The third kappa shape index (κ3) is 3.24. The van der Waals surface area contributed by atoms with Crippen molar-refractivity contribution in [1.29, 1.82) is 0 Å². The number of pyridine rings is 1. The van der Waals surface area contributed by atoms with E-state index in [0.717, 1.165) is 34.9 Å². The Morgan fingerprint density at radius 1 is 1.04 bits per heavy atom. The predicted molar refractivity (Wildman–Crippen MR) is 102 cm³/mol. The van der Waals surface area contributed by atoms with E-state index in [9.17, 15) is 4.79 Å². The van der Waals surface area contributed by atoms with Crippen molar-refractivity contribution in [3.05, 3.63) is 72.6 Å². The number of nitrogens with one attached hydrogen (secondary N) is 2. The van der Waals surface area contributed by atoms with Gasteiger partial charge in [0.25, 0.3) is 0 Å². The van der Waals surface area contributed by atoms with Gasteiger partial charge < -0.3 is 10.3 Å². The smallest absolute Gasteiger partial charge is 0.224 e. The van der Waals surface area contributed by atoms with Gasteiger partial charge in [0.15, 0.2) is 0 Å². The van der Waals surface area contributed by atoms with Gasteiger partial charge in [-0.25, -0.2) is 0 Å². The number of aromatic amines is 1. The number of aromatic nitrogens is 2. The van der Waals surface area contributed by atoms with Crippen LogP contribution in [0.5, 0.6) is 0 Å². The maximum atomic E-state index is 12.3. The fourth-order valence-corrected chi connectivity index (χ4v) is 3.20. The van der Waals surface area contributed by atoms with Crippen molar-refractivity contribution >= 4 is 33.4 Å². The van der Waals surface area contributed by atoms with Crippen LogP contribution < -0.4 is 5.32 Å². The third-order valence-corrected chi connectivity index (χ3v) is 4.43. The van der Waals surface area contributed by atoms with E-state index in [4.69, 9.17) is 0 Å². The van der Waals surface area contributed by atoms with Crippen molar-refractivity contribution in [2.75, 3.05) is 5.32 Å². The third-order valence-electron chi connectivity index (χ3n) is 4.43. The van der Waals surface area contributed by atoms with Gasteiger partial charge in [-0.2, -0.15) is 0 Å². The van der Waals surface area contributed by atoms with Crippen LogP contribution in [-0.2, 0) is 11.2 Å². The molecule has 0 saturated carbocycles. The second-order valence-corrected chi connectivity index (χ2v) is 6.14. The first-order valence-corrected chi connectivity index (χ1v) is 8.50. The van der Waals surface area contributed by atoms with Crippen molar-refractivity contribution < 1.29 is 4.79 Å². The summed E-state index contributed by atoms with van der Waals surface area (Å²) < 4.78 is 0. The van der Waals surface area contributed by atoms with E-state index in [2.05, 4.69) is 27.4 Å². The number of anilines is 1. The molecule has 0 fully saturated rings. The van der Waals surface area contributed by atoms with E-state index < -0.39 is 0 Å². The number of hydrogen-bond acceptors (Lipinski definition) is 2. The Morgan fingerprint density at radius 3 is 2.88 bits per heavy atom. The van der Waals surface area contributed by atoms with Gasteiger partial charge >= 0.3 is 0 Å². The minimum atomic E-state index is 0.0259. The summed E-state index contributed by atoms with van der Waals surface area (Å²) in [5.74, 6) is 0.0259. The van der Waals surface area contributed by atoms with Crippen molar-refractivity contribution in [1.82, 2.24) is 9.97 Å². The van der Waals surface area contributed by atoms with Crippen LogP contribution in [0.2, 0.25) is 0 Å². The Hall–Kier alpha value is -3.14. The molecule has 0 atom stereocenters.